The van der Waals surface area contributed by atoms with E-state index in [0.29, 0.717) is 43.4 Å². The topological polar surface area (TPSA) is 87.2 Å². The molecule has 32 heavy (non-hydrogen) atoms. The zero-order chi connectivity index (χ0) is 23.5. The van der Waals surface area contributed by atoms with Gasteiger partial charge in [0.25, 0.3) is 0 Å². The number of hydrogen-bond donors (Lipinski definition) is 0. The Morgan fingerprint density at radius 2 is 1.50 bits per heavy atom. The van der Waals surface area contributed by atoms with Crippen LogP contribution in [0.5, 0.6) is 0 Å². The van der Waals surface area contributed by atoms with Gasteiger partial charge in [0, 0.05) is 57.6 Å². The highest BCUT2D eigenvalue weighted by molar-refractivity contribution is 7.90. The van der Waals surface area contributed by atoms with Gasteiger partial charge in [-0.05, 0) is 63.8 Å². The van der Waals surface area contributed by atoms with Crippen LogP contribution in [0.1, 0.15) is 40.0 Å². The number of benzene rings is 1. The number of likely N-dealkylation sites (tertiary alicyclic amines) is 1. The fourth-order valence-corrected chi connectivity index (χ4v) is 4.77. The Kier molecular flexibility index (Phi) is 7.37. The van der Waals surface area contributed by atoms with Crippen molar-refractivity contribution >= 4 is 27.5 Å². The Morgan fingerprint density at radius 1 is 0.938 bits per heavy atom. The van der Waals surface area contributed by atoms with Crippen molar-refractivity contribution in [3.8, 4) is 0 Å². The molecule has 0 aromatic heterocycles. The van der Waals surface area contributed by atoms with Gasteiger partial charge in [0.2, 0.25) is 5.91 Å². The second kappa shape index (κ2) is 9.68. The number of piperidine rings is 1. The molecule has 0 N–H and O–H groups in total. The van der Waals surface area contributed by atoms with Gasteiger partial charge in [-0.15, -0.1) is 0 Å². The van der Waals surface area contributed by atoms with E-state index in [0.717, 1.165) is 31.6 Å². The third-order valence-electron chi connectivity index (χ3n) is 5.99. The lowest BCUT2D eigenvalue weighted by Crippen LogP contribution is -2.49. The monoisotopic (exact) mass is 465 g/mol. The summed E-state index contributed by atoms with van der Waals surface area (Å²) in [6.45, 7) is 9.60. The number of amides is 2. The van der Waals surface area contributed by atoms with Crippen LogP contribution in [0.2, 0.25) is 0 Å². The minimum Gasteiger partial charge on any atom is -0.444 e. The summed E-state index contributed by atoms with van der Waals surface area (Å²) < 4.78 is 28.7. The van der Waals surface area contributed by atoms with E-state index in [1.165, 1.54) is 6.26 Å². The van der Waals surface area contributed by atoms with E-state index in [4.69, 9.17) is 4.74 Å². The van der Waals surface area contributed by atoms with E-state index in [1.54, 1.807) is 17.0 Å². The van der Waals surface area contributed by atoms with Crippen LogP contribution < -0.4 is 4.90 Å². The summed E-state index contributed by atoms with van der Waals surface area (Å²) in [5.41, 5.74) is 0.473. The van der Waals surface area contributed by atoms with Crippen molar-refractivity contribution in [2.45, 2.75) is 50.5 Å². The highest BCUT2D eigenvalue weighted by atomic mass is 32.2. The molecule has 2 amide bonds. The Hall–Kier alpha value is -2.29. The smallest absolute Gasteiger partial charge is 0.410 e. The van der Waals surface area contributed by atoms with Gasteiger partial charge in [-0.3, -0.25) is 4.79 Å². The van der Waals surface area contributed by atoms with Gasteiger partial charge >= 0.3 is 6.09 Å². The van der Waals surface area contributed by atoms with Crippen LogP contribution in [0.4, 0.5) is 10.5 Å². The Balaban J connectivity index is 1.43. The van der Waals surface area contributed by atoms with Crippen molar-refractivity contribution < 1.29 is 22.7 Å². The predicted molar refractivity (Wildman–Crippen MR) is 123 cm³/mol. The molecular formula is C23H35N3O5S. The maximum atomic E-state index is 12.8. The van der Waals surface area contributed by atoms with Gasteiger partial charge in [-0.25, -0.2) is 13.2 Å². The van der Waals surface area contributed by atoms with E-state index >= 15 is 0 Å². The normalized spacial score (nSPS) is 18.6. The maximum Gasteiger partial charge on any atom is 0.410 e. The molecule has 0 radical (unpaired) electrons. The van der Waals surface area contributed by atoms with Crippen molar-refractivity contribution in [1.82, 2.24) is 9.80 Å². The van der Waals surface area contributed by atoms with E-state index < -0.39 is 15.4 Å². The lowest BCUT2D eigenvalue weighted by Gasteiger charge is -2.37. The van der Waals surface area contributed by atoms with E-state index in [1.807, 2.05) is 37.8 Å². The van der Waals surface area contributed by atoms with Gasteiger partial charge in [-0.2, -0.15) is 0 Å². The summed E-state index contributed by atoms with van der Waals surface area (Å²) in [5, 5.41) is 0. The molecule has 0 unspecified atom stereocenters. The largest absolute Gasteiger partial charge is 0.444 e. The van der Waals surface area contributed by atoms with Crippen LogP contribution in [0.25, 0.3) is 0 Å². The number of anilines is 1. The summed E-state index contributed by atoms with van der Waals surface area (Å²) in [6, 6.07) is 6.91. The quantitative estimate of drug-likeness (QED) is 0.680. The predicted octanol–water partition coefficient (Wildman–Crippen LogP) is 2.78. The molecule has 1 aromatic rings. The number of carbonyl (C=O) groups is 2. The van der Waals surface area contributed by atoms with E-state index in [9.17, 15) is 18.0 Å². The molecule has 178 valence electrons. The first kappa shape index (κ1) is 24.4. The Morgan fingerprint density at radius 3 is 2.00 bits per heavy atom. The Labute approximate surface area is 191 Å². The van der Waals surface area contributed by atoms with Crippen LogP contribution in [-0.2, 0) is 19.4 Å². The molecule has 0 spiro atoms. The van der Waals surface area contributed by atoms with E-state index in [2.05, 4.69) is 4.90 Å². The van der Waals surface area contributed by atoms with Gasteiger partial charge < -0.3 is 19.4 Å². The van der Waals surface area contributed by atoms with Gasteiger partial charge in [0.15, 0.2) is 9.84 Å². The molecule has 0 atom stereocenters. The first-order valence-corrected chi connectivity index (χ1v) is 13.1. The van der Waals surface area contributed by atoms with Gasteiger partial charge in [-0.1, -0.05) is 0 Å². The van der Waals surface area contributed by atoms with Crippen LogP contribution in [0, 0.1) is 5.92 Å². The first-order chi connectivity index (χ1) is 14.9. The molecule has 2 aliphatic rings. The van der Waals surface area contributed by atoms with Gasteiger partial charge in [0.05, 0.1) is 4.90 Å². The number of piperazine rings is 1. The van der Waals surface area contributed by atoms with Crippen molar-refractivity contribution in [2.24, 2.45) is 5.92 Å². The molecule has 0 saturated carbocycles. The molecule has 2 aliphatic heterocycles. The molecule has 2 fully saturated rings. The molecule has 0 aliphatic carbocycles. The second-order valence-corrected chi connectivity index (χ2v) is 11.8. The number of ether oxygens (including phenoxy) is 1. The minimum absolute atomic E-state index is 0.174. The molecule has 2 saturated heterocycles. The van der Waals surface area contributed by atoms with Crippen LogP contribution >= 0.6 is 0 Å². The van der Waals surface area contributed by atoms with Crippen molar-refractivity contribution in [2.75, 3.05) is 50.4 Å². The molecular weight excluding hydrogens is 430 g/mol. The molecule has 2 heterocycles. The fourth-order valence-electron chi connectivity index (χ4n) is 4.14. The lowest BCUT2D eigenvalue weighted by atomic mass is 9.93. The second-order valence-electron chi connectivity index (χ2n) is 9.75. The number of nitrogens with zero attached hydrogens (tertiary/aromatic N) is 3. The standard InChI is InChI=1S/C23H35N3O5S/c1-23(2,3)31-22(28)26-11-9-18(10-12-26)17-21(27)25-15-13-24(14-16-25)19-5-7-20(8-6-19)32(4,29)30/h5-8,18H,9-17H2,1-4H3. The number of hydrogen-bond acceptors (Lipinski definition) is 6. The SMILES string of the molecule is CC(C)(C)OC(=O)N1CCC(CC(=O)N2CCN(c3ccc(S(C)(=O)=O)cc3)CC2)CC1. The highest BCUT2D eigenvalue weighted by Crippen LogP contribution is 2.24. The summed E-state index contributed by atoms with van der Waals surface area (Å²) in [5.74, 6) is 0.468. The number of carbonyl (C=O) groups excluding carboxylic acids is 2. The van der Waals surface area contributed by atoms with Crippen LogP contribution in [-0.4, -0.2) is 81.3 Å². The molecule has 0 bridgehead atoms. The average Bonchev–Trinajstić information content (AvgIpc) is 2.72. The van der Waals surface area contributed by atoms with Crippen LogP contribution in [0.15, 0.2) is 29.2 Å². The fraction of sp³-hybridized carbons (Fsp3) is 0.652. The van der Waals surface area contributed by atoms with Crippen molar-refractivity contribution in [3.63, 3.8) is 0 Å². The molecule has 9 heteroatoms. The molecule has 3 rings (SSSR count). The summed E-state index contributed by atoms with van der Waals surface area (Å²) in [4.78, 5) is 31.1. The Bertz CT molecular complexity index is 908. The van der Waals surface area contributed by atoms with E-state index in [-0.39, 0.29) is 12.0 Å². The summed E-state index contributed by atoms with van der Waals surface area (Å²) in [7, 11) is -3.20. The highest BCUT2D eigenvalue weighted by Gasteiger charge is 2.29. The zero-order valence-corrected chi connectivity index (χ0v) is 20.4. The number of sulfone groups is 1. The average molecular weight is 466 g/mol. The first-order valence-electron chi connectivity index (χ1n) is 11.2. The van der Waals surface area contributed by atoms with Crippen LogP contribution in [0.3, 0.4) is 0 Å². The summed E-state index contributed by atoms with van der Waals surface area (Å²) >= 11 is 0. The minimum atomic E-state index is -3.20. The maximum absolute atomic E-state index is 12.8. The zero-order valence-electron chi connectivity index (χ0n) is 19.5. The third-order valence-corrected chi connectivity index (χ3v) is 7.12. The molecule has 1 aromatic carbocycles. The van der Waals surface area contributed by atoms with Crippen molar-refractivity contribution in [3.05, 3.63) is 24.3 Å². The number of rotatable bonds is 4. The lowest BCUT2D eigenvalue weighted by molar-refractivity contribution is -0.132. The van der Waals surface area contributed by atoms with Crippen molar-refractivity contribution in [1.29, 1.82) is 0 Å². The molecule has 8 nitrogen and oxygen atoms in total. The van der Waals surface area contributed by atoms with Gasteiger partial charge in [0.1, 0.15) is 5.60 Å². The third kappa shape index (κ3) is 6.60. The summed E-state index contributed by atoms with van der Waals surface area (Å²) in [6.07, 6.45) is 3.08.